The molecular weight excluding hydrogens is 320 g/mol. The van der Waals surface area contributed by atoms with Crippen molar-refractivity contribution in [2.75, 3.05) is 21.3 Å². The Morgan fingerprint density at radius 2 is 1.20 bits per heavy atom. The highest BCUT2D eigenvalue weighted by atomic mass is 79.9. The van der Waals surface area contributed by atoms with Crippen LogP contribution in [-0.4, -0.2) is 21.3 Å². The van der Waals surface area contributed by atoms with Crippen molar-refractivity contribution in [3.63, 3.8) is 0 Å². The lowest BCUT2D eigenvalue weighted by Gasteiger charge is -2.14. The first-order chi connectivity index (χ1) is 9.67. The molecule has 0 aliphatic heterocycles. The van der Waals surface area contributed by atoms with Gasteiger partial charge in [-0.2, -0.15) is 0 Å². The third-order valence-corrected chi connectivity index (χ3v) is 4.13. The molecule has 0 saturated carbocycles. The number of benzene rings is 2. The molecule has 0 amide bonds. The number of hydrogen-bond acceptors (Lipinski definition) is 3. The van der Waals surface area contributed by atoms with E-state index in [-0.39, 0.29) is 4.83 Å². The maximum atomic E-state index is 5.30. The largest absolute Gasteiger partial charge is 0.497 e. The second-order valence-corrected chi connectivity index (χ2v) is 5.20. The predicted octanol–water partition coefficient (Wildman–Crippen LogP) is 4.20. The highest BCUT2D eigenvalue weighted by Gasteiger charge is 2.13. The lowest BCUT2D eigenvalue weighted by molar-refractivity contribution is 0.393. The van der Waals surface area contributed by atoms with E-state index in [2.05, 4.69) is 15.9 Å². The second-order valence-electron chi connectivity index (χ2n) is 4.28. The molecule has 0 saturated heterocycles. The van der Waals surface area contributed by atoms with E-state index in [1.54, 1.807) is 21.3 Å². The molecule has 20 heavy (non-hydrogen) atoms. The molecule has 106 valence electrons. The summed E-state index contributed by atoms with van der Waals surface area (Å²) in [4.78, 5) is 0.0670. The van der Waals surface area contributed by atoms with Gasteiger partial charge in [-0.25, -0.2) is 0 Å². The third kappa shape index (κ3) is 3.25. The monoisotopic (exact) mass is 336 g/mol. The zero-order valence-corrected chi connectivity index (χ0v) is 13.3. The maximum absolute atomic E-state index is 5.30. The summed E-state index contributed by atoms with van der Waals surface area (Å²) in [5, 5.41) is 0. The molecule has 4 heteroatoms. The van der Waals surface area contributed by atoms with Crippen LogP contribution < -0.4 is 14.2 Å². The molecule has 0 aliphatic rings. The number of rotatable bonds is 5. The van der Waals surface area contributed by atoms with Crippen molar-refractivity contribution in [2.24, 2.45) is 0 Å². The van der Waals surface area contributed by atoms with Gasteiger partial charge in [-0.3, -0.25) is 0 Å². The van der Waals surface area contributed by atoms with Gasteiger partial charge in [0.25, 0.3) is 0 Å². The van der Waals surface area contributed by atoms with Crippen molar-refractivity contribution in [1.82, 2.24) is 0 Å². The van der Waals surface area contributed by atoms with Gasteiger partial charge in [0.1, 0.15) is 17.2 Å². The molecule has 0 N–H and O–H groups in total. The molecule has 2 rings (SSSR count). The first kappa shape index (κ1) is 14.7. The lowest BCUT2D eigenvalue weighted by Crippen LogP contribution is -1.96. The molecule has 0 aromatic heterocycles. The van der Waals surface area contributed by atoms with Crippen LogP contribution in [0.1, 0.15) is 16.0 Å². The van der Waals surface area contributed by atoms with Gasteiger partial charge >= 0.3 is 0 Å². The quantitative estimate of drug-likeness (QED) is 0.766. The normalized spacial score (nSPS) is 11.8. The van der Waals surface area contributed by atoms with E-state index >= 15 is 0 Å². The van der Waals surface area contributed by atoms with Crippen molar-refractivity contribution in [3.05, 3.63) is 53.6 Å². The summed E-state index contributed by atoms with van der Waals surface area (Å²) >= 11 is 3.72. The fraction of sp³-hybridized carbons (Fsp3) is 0.250. The van der Waals surface area contributed by atoms with E-state index in [1.165, 1.54) is 0 Å². The number of methoxy groups -OCH3 is 3. The van der Waals surface area contributed by atoms with Crippen LogP contribution in [0.4, 0.5) is 0 Å². The Hall–Kier alpha value is -1.68. The molecular formula is C16H17BrO3. The first-order valence-corrected chi connectivity index (χ1v) is 7.10. The van der Waals surface area contributed by atoms with Crippen LogP contribution in [0.2, 0.25) is 0 Å². The van der Waals surface area contributed by atoms with Gasteiger partial charge in [0.2, 0.25) is 0 Å². The van der Waals surface area contributed by atoms with Crippen LogP contribution >= 0.6 is 15.9 Å². The molecule has 1 atom stereocenters. The van der Waals surface area contributed by atoms with Crippen molar-refractivity contribution in [1.29, 1.82) is 0 Å². The fourth-order valence-corrected chi connectivity index (χ4v) is 2.51. The van der Waals surface area contributed by atoms with E-state index in [0.29, 0.717) is 0 Å². The van der Waals surface area contributed by atoms with Crippen LogP contribution in [-0.2, 0) is 0 Å². The Morgan fingerprint density at radius 1 is 0.700 bits per heavy atom. The van der Waals surface area contributed by atoms with E-state index in [4.69, 9.17) is 14.2 Å². The van der Waals surface area contributed by atoms with Crippen LogP contribution in [0.15, 0.2) is 42.5 Å². The minimum absolute atomic E-state index is 0.0670. The second kappa shape index (κ2) is 6.66. The zero-order valence-electron chi connectivity index (χ0n) is 11.7. The molecule has 3 nitrogen and oxygen atoms in total. The fourth-order valence-electron chi connectivity index (χ4n) is 1.94. The van der Waals surface area contributed by atoms with E-state index in [9.17, 15) is 0 Å². The Balaban J connectivity index is 2.33. The minimum atomic E-state index is 0.0670. The molecule has 2 aromatic carbocycles. The van der Waals surface area contributed by atoms with Gasteiger partial charge in [0.05, 0.1) is 26.2 Å². The van der Waals surface area contributed by atoms with Crippen molar-refractivity contribution < 1.29 is 14.2 Å². The number of ether oxygens (including phenoxy) is 3. The molecule has 0 radical (unpaired) electrons. The van der Waals surface area contributed by atoms with Gasteiger partial charge in [-0.1, -0.05) is 28.1 Å². The average molecular weight is 337 g/mol. The minimum Gasteiger partial charge on any atom is -0.497 e. The first-order valence-electron chi connectivity index (χ1n) is 6.19. The molecule has 0 heterocycles. The standard InChI is InChI=1S/C16H17BrO3/c1-18-13-6-4-11(5-7-13)16(17)12-8-14(19-2)10-15(9-12)20-3/h4-10,16H,1-3H3. The van der Waals surface area contributed by atoms with Gasteiger partial charge in [0, 0.05) is 6.07 Å². The third-order valence-electron chi connectivity index (χ3n) is 3.07. The molecule has 0 bridgehead atoms. The number of halogens is 1. The Morgan fingerprint density at radius 3 is 1.65 bits per heavy atom. The molecule has 1 unspecified atom stereocenters. The number of alkyl halides is 1. The summed E-state index contributed by atoms with van der Waals surface area (Å²) in [6.07, 6.45) is 0. The van der Waals surface area contributed by atoms with Gasteiger partial charge in [-0.05, 0) is 35.4 Å². The Labute approximate surface area is 127 Å². The van der Waals surface area contributed by atoms with Crippen molar-refractivity contribution in [2.45, 2.75) is 4.83 Å². The van der Waals surface area contributed by atoms with Crippen molar-refractivity contribution >= 4 is 15.9 Å². The van der Waals surface area contributed by atoms with Crippen LogP contribution in [0, 0.1) is 0 Å². The van der Waals surface area contributed by atoms with E-state index < -0.39 is 0 Å². The van der Waals surface area contributed by atoms with Gasteiger partial charge in [0.15, 0.2) is 0 Å². The van der Waals surface area contributed by atoms with Crippen molar-refractivity contribution in [3.8, 4) is 17.2 Å². The highest BCUT2D eigenvalue weighted by Crippen LogP contribution is 2.35. The Kier molecular flexibility index (Phi) is 4.90. The summed E-state index contributed by atoms with van der Waals surface area (Å²) < 4.78 is 15.8. The summed E-state index contributed by atoms with van der Waals surface area (Å²) in [6.45, 7) is 0. The average Bonchev–Trinajstić information content (AvgIpc) is 2.53. The van der Waals surface area contributed by atoms with E-state index in [1.807, 2.05) is 42.5 Å². The topological polar surface area (TPSA) is 27.7 Å². The molecule has 0 aliphatic carbocycles. The van der Waals surface area contributed by atoms with Gasteiger partial charge < -0.3 is 14.2 Å². The number of hydrogen-bond donors (Lipinski definition) is 0. The Bertz CT molecular complexity index is 544. The SMILES string of the molecule is COc1ccc(C(Br)c2cc(OC)cc(OC)c2)cc1. The summed E-state index contributed by atoms with van der Waals surface area (Å²) in [5.41, 5.74) is 2.22. The molecule has 0 spiro atoms. The van der Waals surface area contributed by atoms with Crippen LogP contribution in [0.25, 0.3) is 0 Å². The summed E-state index contributed by atoms with van der Waals surface area (Å²) in [6, 6.07) is 13.8. The summed E-state index contributed by atoms with van der Waals surface area (Å²) in [5.74, 6) is 2.39. The van der Waals surface area contributed by atoms with Crippen LogP contribution in [0.5, 0.6) is 17.2 Å². The van der Waals surface area contributed by atoms with Gasteiger partial charge in [-0.15, -0.1) is 0 Å². The maximum Gasteiger partial charge on any atom is 0.122 e. The smallest absolute Gasteiger partial charge is 0.122 e. The lowest BCUT2D eigenvalue weighted by atomic mass is 10.0. The predicted molar refractivity (Wildman–Crippen MR) is 83.3 cm³/mol. The molecule has 0 fully saturated rings. The summed E-state index contributed by atoms with van der Waals surface area (Å²) in [7, 11) is 4.96. The zero-order chi connectivity index (χ0) is 14.5. The van der Waals surface area contributed by atoms with Crippen LogP contribution in [0.3, 0.4) is 0 Å². The molecule has 2 aromatic rings. The van der Waals surface area contributed by atoms with E-state index in [0.717, 1.165) is 28.4 Å². The highest BCUT2D eigenvalue weighted by molar-refractivity contribution is 9.09.